The van der Waals surface area contributed by atoms with E-state index in [-0.39, 0.29) is 0 Å². The van der Waals surface area contributed by atoms with Crippen molar-refractivity contribution < 1.29 is 4.74 Å². The summed E-state index contributed by atoms with van der Waals surface area (Å²) in [5.41, 5.74) is 3.66. The largest absolute Gasteiger partial charge is 0.480 e. The van der Waals surface area contributed by atoms with Crippen LogP contribution in [0.5, 0.6) is 5.88 Å². The van der Waals surface area contributed by atoms with E-state index in [0.717, 1.165) is 43.3 Å². The Labute approximate surface area is 154 Å². The Morgan fingerprint density at radius 1 is 1.31 bits per heavy atom. The standard InChI is InChI=1S/C20H23N5O/c1-14-4-3-5-16(23-14)12-24-9-7-15-11-25(13-19(15)24)18-6-8-22-20(26-2)17(18)10-21/h3-6,8,15,19H,7,9,11-13H2,1-2H3/t15-,19+/m0/s1. The van der Waals surface area contributed by atoms with E-state index in [1.165, 1.54) is 6.42 Å². The molecule has 2 aliphatic rings. The fraction of sp³-hybridized carbons (Fsp3) is 0.450. The number of nitriles is 1. The number of ether oxygens (including phenoxy) is 1. The fourth-order valence-corrected chi connectivity index (χ4v) is 4.29. The number of anilines is 1. The average molecular weight is 349 g/mol. The van der Waals surface area contributed by atoms with E-state index in [2.05, 4.69) is 38.0 Å². The van der Waals surface area contributed by atoms with Gasteiger partial charge in [-0.15, -0.1) is 0 Å². The van der Waals surface area contributed by atoms with Gasteiger partial charge >= 0.3 is 0 Å². The van der Waals surface area contributed by atoms with Crippen molar-refractivity contribution in [3.05, 3.63) is 47.4 Å². The summed E-state index contributed by atoms with van der Waals surface area (Å²) in [5.74, 6) is 1.04. The van der Waals surface area contributed by atoms with Crippen LogP contribution in [0.25, 0.3) is 0 Å². The molecule has 0 aliphatic carbocycles. The first-order chi connectivity index (χ1) is 12.7. The molecular formula is C20H23N5O. The number of fused-ring (bicyclic) bond motifs is 1. The Balaban J connectivity index is 1.53. The highest BCUT2D eigenvalue weighted by Crippen LogP contribution is 2.37. The number of pyridine rings is 2. The molecule has 0 amide bonds. The molecule has 0 unspecified atom stereocenters. The smallest absolute Gasteiger partial charge is 0.233 e. The van der Waals surface area contributed by atoms with Crippen molar-refractivity contribution in [2.24, 2.45) is 5.92 Å². The zero-order valence-corrected chi connectivity index (χ0v) is 15.2. The van der Waals surface area contributed by atoms with Gasteiger partial charge in [0.2, 0.25) is 5.88 Å². The van der Waals surface area contributed by atoms with Crippen LogP contribution in [-0.2, 0) is 6.54 Å². The Morgan fingerprint density at radius 2 is 2.19 bits per heavy atom. The van der Waals surface area contributed by atoms with Gasteiger partial charge in [0, 0.05) is 37.6 Å². The summed E-state index contributed by atoms with van der Waals surface area (Å²) in [5, 5.41) is 9.55. The van der Waals surface area contributed by atoms with Gasteiger partial charge in [0.25, 0.3) is 0 Å². The lowest BCUT2D eigenvalue weighted by Crippen LogP contribution is -2.35. The summed E-state index contributed by atoms with van der Waals surface area (Å²) in [6.45, 7) is 5.95. The van der Waals surface area contributed by atoms with Gasteiger partial charge in [0.1, 0.15) is 11.6 Å². The molecule has 6 nitrogen and oxygen atoms in total. The number of rotatable bonds is 4. The number of hydrogen-bond donors (Lipinski definition) is 0. The van der Waals surface area contributed by atoms with Crippen LogP contribution in [0.4, 0.5) is 5.69 Å². The second kappa shape index (κ2) is 6.93. The molecular weight excluding hydrogens is 326 g/mol. The van der Waals surface area contributed by atoms with Gasteiger partial charge in [0.15, 0.2) is 0 Å². The lowest BCUT2D eigenvalue weighted by Gasteiger charge is -2.26. The number of methoxy groups -OCH3 is 1. The highest BCUT2D eigenvalue weighted by molar-refractivity contribution is 5.63. The van der Waals surface area contributed by atoms with E-state index in [4.69, 9.17) is 4.74 Å². The third-order valence-corrected chi connectivity index (χ3v) is 5.51. The quantitative estimate of drug-likeness (QED) is 0.844. The van der Waals surface area contributed by atoms with Crippen molar-refractivity contribution in [3.63, 3.8) is 0 Å². The summed E-state index contributed by atoms with van der Waals surface area (Å²) >= 11 is 0. The van der Waals surface area contributed by atoms with Crippen LogP contribution in [0, 0.1) is 24.2 Å². The minimum Gasteiger partial charge on any atom is -0.480 e. The zero-order chi connectivity index (χ0) is 18.1. The number of aromatic nitrogens is 2. The first-order valence-corrected chi connectivity index (χ1v) is 9.04. The molecule has 2 saturated heterocycles. The summed E-state index contributed by atoms with van der Waals surface area (Å²) in [6.07, 6.45) is 2.91. The van der Waals surface area contributed by atoms with Gasteiger partial charge in [-0.2, -0.15) is 5.26 Å². The predicted molar refractivity (Wildman–Crippen MR) is 99.0 cm³/mol. The molecule has 0 N–H and O–H groups in total. The van der Waals surface area contributed by atoms with E-state index in [9.17, 15) is 5.26 Å². The second-order valence-corrected chi connectivity index (χ2v) is 7.09. The first-order valence-electron chi connectivity index (χ1n) is 9.04. The summed E-state index contributed by atoms with van der Waals surface area (Å²) in [4.78, 5) is 13.7. The molecule has 0 aromatic carbocycles. The van der Waals surface area contributed by atoms with Crippen molar-refractivity contribution in [3.8, 4) is 11.9 Å². The number of nitrogens with zero attached hydrogens (tertiary/aromatic N) is 5. The molecule has 0 radical (unpaired) electrons. The van der Waals surface area contributed by atoms with Gasteiger partial charge in [0.05, 0.1) is 18.5 Å². The number of likely N-dealkylation sites (tertiary alicyclic amines) is 1. The molecule has 2 aromatic heterocycles. The maximum absolute atomic E-state index is 9.55. The zero-order valence-electron chi connectivity index (χ0n) is 15.2. The van der Waals surface area contributed by atoms with Crippen LogP contribution in [-0.4, -0.2) is 47.7 Å². The maximum Gasteiger partial charge on any atom is 0.233 e. The normalized spacial score (nSPS) is 22.3. The molecule has 0 spiro atoms. The van der Waals surface area contributed by atoms with Crippen LogP contribution in [0.1, 0.15) is 23.4 Å². The molecule has 4 rings (SSSR count). The van der Waals surface area contributed by atoms with Crippen molar-refractivity contribution >= 4 is 5.69 Å². The third kappa shape index (κ3) is 2.99. The number of hydrogen-bond acceptors (Lipinski definition) is 6. The second-order valence-electron chi connectivity index (χ2n) is 7.09. The van der Waals surface area contributed by atoms with Crippen molar-refractivity contribution in [2.45, 2.75) is 25.9 Å². The molecule has 26 heavy (non-hydrogen) atoms. The van der Waals surface area contributed by atoms with Crippen molar-refractivity contribution in [1.82, 2.24) is 14.9 Å². The average Bonchev–Trinajstić information content (AvgIpc) is 3.23. The highest BCUT2D eigenvalue weighted by Gasteiger charge is 2.42. The van der Waals surface area contributed by atoms with E-state index in [1.54, 1.807) is 13.3 Å². The molecule has 134 valence electrons. The Bertz CT molecular complexity index is 846. The third-order valence-electron chi connectivity index (χ3n) is 5.51. The summed E-state index contributed by atoms with van der Waals surface area (Å²) in [6, 6.07) is 10.9. The minimum atomic E-state index is 0.405. The molecule has 0 saturated carbocycles. The Kier molecular flexibility index (Phi) is 4.48. The van der Waals surface area contributed by atoms with Crippen LogP contribution >= 0.6 is 0 Å². The Hall–Kier alpha value is -2.65. The van der Waals surface area contributed by atoms with Crippen molar-refractivity contribution in [1.29, 1.82) is 5.26 Å². The van der Waals surface area contributed by atoms with Crippen molar-refractivity contribution in [2.75, 3.05) is 31.6 Å². The van der Waals surface area contributed by atoms with Gasteiger partial charge in [-0.05, 0) is 44.0 Å². The topological polar surface area (TPSA) is 65.3 Å². The molecule has 2 aromatic rings. The summed E-state index contributed by atoms with van der Waals surface area (Å²) in [7, 11) is 1.56. The minimum absolute atomic E-state index is 0.405. The lowest BCUT2D eigenvalue weighted by atomic mass is 10.1. The van der Waals surface area contributed by atoms with E-state index >= 15 is 0 Å². The van der Waals surface area contributed by atoms with E-state index in [1.807, 2.05) is 19.1 Å². The molecule has 4 heterocycles. The number of aryl methyl sites for hydroxylation is 1. The van der Waals surface area contributed by atoms with E-state index in [0.29, 0.717) is 23.4 Å². The molecule has 2 atom stereocenters. The molecule has 6 heteroatoms. The van der Waals surface area contributed by atoms with Gasteiger partial charge in [-0.1, -0.05) is 6.07 Å². The lowest BCUT2D eigenvalue weighted by molar-refractivity contribution is 0.243. The van der Waals surface area contributed by atoms with Crippen LogP contribution < -0.4 is 9.64 Å². The fourth-order valence-electron chi connectivity index (χ4n) is 4.29. The van der Waals surface area contributed by atoms with Crippen LogP contribution in [0.3, 0.4) is 0 Å². The highest BCUT2D eigenvalue weighted by atomic mass is 16.5. The maximum atomic E-state index is 9.55. The molecule has 2 fully saturated rings. The summed E-state index contributed by atoms with van der Waals surface area (Å²) < 4.78 is 5.26. The van der Waals surface area contributed by atoms with Crippen LogP contribution in [0.2, 0.25) is 0 Å². The van der Waals surface area contributed by atoms with Crippen LogP contribution in [0.15, 0.2) is 30.5 Å². The van der Waals surface area contributed by atoms with Gasteiger partial charge in [-0.3, -0.25) is 9.88 Å². The van der Waals surface area contributed by atoms with Gasteiger partial charge < -0.3 is 9.64 Å². The monoisotopic (exact) mass is 349 g/mol. The SMILES string of the molecule is COc1nccc(N2C[C@@H]3CCN(Cc4cccc(C)n4)[C@@H]3C2)c1C#N. The predicted octanol–water partition coefficient (Wildman–Crippen LogP) is 2.38. The van der Waals surface area contributed by atoms with Gasteiger partial charge in [-0.25, -0.2) is 4.98 Å². The first kappa shape index (κ1) is 16.8. The molecule has 0 bridgehead atoms. The van der Waals surface area contributed by atoms with E-state index < -0.39 is 0 Å². The molecule has 2 aliphatic heterocycles. The Morgan fingerprint density at radius 3 is 2.96 bits per heavy atom.